The Morgan fingerprint density at radius 1 is 1.64 bits per heavy atom. The number of hydrogen-bond donors (Lipinski definition) is 2. The minimum absolute atomic E-state index is 0.621. The molecule has 0 aliphatic heterocycles. The first-order valence-corrected chi connectivity index (χ1v) is 3.32. The van der Waals surface area contributed by atoms with E-state index in [1.54, 1.807) is 12.4 Å². The van der Waals surface area contributed by atoms with E-state index in [0.29, 0.717) is 5.65 Å². The Morgan fingerprint density at radius 3 is 3.27 bits per heavy atom. The van der Waals surface area contributed by atoms with E-state index in [1.807, 2.05) is 13.0 Å². The number of aromatic amines is 1. The van der Waals surface area contributed by atoms with Crippen molar-refractivity contribution in [2.75, 3.05) is 0 Å². The van der Waals surface area contributed by atoms with Gasteiger partial charge in [0.2, 0.25) is 0 Å². The quantitative estimate of drug-likeness (QED) is 0.422. The summed E-state index contributed by atoms with van der Waals surface area (Å²) in [6.07, 6.45) is 3.30. The van der Waals surface area contributed by atoms with Crippen LogP contribution in [0.15, 0.2) is 18.5 Å². The topological polar surface area (TPSA) is 52.8 Å². The van der Waals surface area contributed by atoms with E-state index < -0.39 is 0 Å². The molecule has 2 N–H and O–H groups in total. The molecule has 0 amide bonds. The van der Waals surface area contributed by atoms with Crippen LogP contribution >= 0.6 is 0 Å². The van der Waals surface area contributed by atoms with E-state index in [1.165, 1.54) is 0 Å². The molecular weight excluding hydrogens is 142 g/mol. The second kappa shape index (κ2) is 1.95. The molecule has 0 bridgehead atoms. The van der Waals surface area contributed by atoms with Crippen LogP contribution in [0.25, 0.3) is 11.0 Å². The molecule has 0 aromatic carbocycles. The summed E-state index contributed by atoms with van der Waals surface area (Å²) < 4.78 is 1.04. The lowest BCUT2D eigenvalue weighted by atomic mass is 10.3. The van der Waals surface area contributed by atoms with E-state index >= 15 is 0 Å². The molecule has 2 aromatic rings. The molecule has 0 fully saturated rings. The van der Waals surface area contributed by atoms with Gasteiger partial charge in [0.25, 0.3) is 0 Å². The average molecular weight is 150 g/mol. The number of nitrogens with zero attached hydrogens (tertiary/aromatic N) is 2. The predicted molar refractivity (Wildman–Crippen MR) is 38.2 cm³/mol. The largest absolute Gasteiger partial charge is 0.350 e. The number of aromatic nitrogens is 3. The zero-order valence-electron chi connectivity index (χ0n) is 6.07. The maximum Gasteiger partial charge on any atom is 0.347 e. The summed E-state index contributed by atoms with van der Waals surface area (Å²) in [6, 6.07) is 1.95. The zero-order chi connectivity index (χ0) is 7.84. The summed E-state index contributed by atoms with van der Waals surface area (Å²) in [4.78, 5) is 0. The number of pyridine rings is 1. The van der Waals surface area contributed by atoms with Gasteiger partial charge in [0.1, 0.15) is 6.20 Å². The third kappa shape index (κ3) is 0.832. The number of nitrogens with one attached hydrogen (secondary N) is 1. The summed E-state index contributed by atoms with van der Waals surface area (Å²) in [5.74, 6) is 0. The normalized spacial score (nSPS) is 10.6. The van der Waals surface area contributed by atoms with Gasteiger partial charge < -0.3 is 5.21 Å². The van der Waals surface area contributed by atoms with Gasteiger partial charge in [-0.15, -0.1) is 5.10 Å². The van der Waals surface area contributed by atoms with Crippen LogP contribution in [0.1, 0.15) is 5.56 Å². The van der Waals surface area contributed by atoms with Gasteiger partial charge in [0, 0.05) is 0 Å². The summed E-state index contributed by atoms with van der Waals surface area (Å²) >= 11 is 0. The van der Waals surface area contributed by atoms with Gasteiger partial charge in [-0.3, -0.25) is 0 Å². The van der Waals surface area contributed by atoms with Crippen molar-refractivity contribution in [3.05, 3.63) is 24.0 Å². The first-order chi connectivity index (χ1) is 5.27. The Balaban J connectivity index is 2.91. The fourth-order valence-electron chi connectivity index (χ4n) is 1.12. The van der Waals surface area contributed by atoms with Crippen LogP contribution in [0, 0.1) is 6.92 Å². The van der Waals surface area contributed by atoms with Crippen LogP contribution in [-0.2, 0) is 0 Å². The molecule has 0 aliphatic carbocycles. The fraction of sp³-hybridized carbons (Fsp3) is 0.143. The van der Waals surface area contributed by atoms with E-state index in [4.69, 9.17) is 0 Å². The molecule has 0 saturated heterocycles. The van der Waals surface area contributed by atoms with Gasteiger partial charge in [-0.1, -0.05) is 5.10 Å². The van der Waals surface area contributed by atoms with Crippen molar-refractivity contribution >= 4 is 11.0 Å². The number of rotatable bonds is 0. The first kappa shape index (κ1) is 6.15. The number of hydrogen-bond acceptors (Lipinski definition) is 2. The Labute approximate surface area is 63.1 Å². The minimum atomic E-state index is 0.621. The summed E-state index contributed by atoms with van der Waals surface area (Å²) in [6.45, 7) is 1.92. The highest BCUT2D eigenvalue weighted by atomic mass is 16.5. The van der Waals surface area contributed by atoms with E-state index in [-0.39, 0.29) is 0 Å². The Hall–Kier alpha value is -1.58. The molecule has 2 heterocycles. The lowest BCUT2D eigenvalue weighted by Crippen LogP contribution is -2.30. The lowest BCUT2D eigenvalue weighted by molar-refractivity contribution is -0.886. The van der Waals surface area contributed by atoms with Crippen molar-refractivity contribution in [2.45, 2.75) is 6.92 Å². The summed E-state index contributed by atoms with van der Waals surface area (Å²) in [7, 11) is 0. The standard InChI is InChI=1S/C7H7N3O/c1-5-2-6-3-8-9-7(6)10(11)4-5/h2-4,11H,1H3/p+1. The number of H-pyrrole nitrogens is 1. The second-order valence-corrected chi connectivity index (χ2v) is 2.54. The highest BCUT2D eigenvalue weighted by molar-refractivity contribution is 5.70. The molecule has 0 spiro atoms. The van der Waals surface area contributed by atoms with Crippen molar-refractivity contribution in [1.29, 1.82) is 0 Å². The van der Waals surface area contributed by atoms with E-state index in [9.17, 15) is 5.21 Å². The molecule has 0 aliphatic rings. The molecule has 0 unspecified atom stereocenters. The summed E-state index contributed by atoms with van der Waals surface area (Å²) in [5.41, 5.74) is 1.62. The Kier molecular flexibility index (Phi) is 1.09. The van der Waals surface area contributed by atoms with Crippen molar-refractivity contribution in [3.63, 3.8) is 0 Å². The van der Waals surface area contributed by atoms with Crippen molar-refractivity contribution < 1.29 is 9.94 Å². The van der Waals surface area contributed by atoms with Gasteiger partial charge in [-0.25, -0.2) is 0 Å². The molecule has 2 aromatic heterocycles. The maximum absolute atomic E-state index is 9.29. The van der Waals surface area contributed by atoms with Gasteiger partial charge in [-0.05, 0) is 23.3 Å². The van der Waals surface area contributed by atoms with Gasteiger partial charge in [0.15, 0.2) is 0 Å². The molecule has 0 atom stereocenters. The maximum atomic E-state index is 9.29. The molecule has 56 valence electrons. The van der Waals surface area contributed by atoms with Crippen LogP contribution in [0.3, 0.4) is 0 Å². The number of aryl methyl sites for hydroxylation is 1. The molecule has 11 heavy (non-hydrogen) atoms. The molecule has 2 rings (SSSR count). The molecule has 0 saturated carbocycles. The van der Waals surface area contributed by atoms with Crippen molar-refractivity contribution in [3.8, 4) is 0 Å². The van der Waals surface area contributed by atoms with Crippen LogP contribution in [0.4, 0.5) is 0 Å². The Morgan fingerprint density at radius 2 is 2.45 bits per heavy atom. The summed E-state index contributed by atoms with van der Waals surface area (Å²) in [5, 5.41) is 16.7. The molecule has 4 nitrogen and oxygen atoms in total. The zero-order valence-corrected chi connectivity index (χ0v) is 6.07. The number of fused-ring (bicyclic) bond motifs is 1. The van der Waals surface area contributed by atoms with E-state index in [0.717, 1.165) is 15.7 Å². The third-order valence-electron chi connectivity index (χ3n) is 1.59. The van der Waals surface area contributed by atoms with Crippen molar-refractivity contribution in [2.24, 2.45) is 0 Å². The van der Waals surface area contributed by atoms with Crippen LogP contribution < -0.4 is 4.73 Å². The fourth-order valence-corrected chi connectivity index (χ4v) is 1.12. The van der Waals surface area contributed by atoms with Crippen LogP contribution in [0.5, 0.6) is 0 Å². The monoisotopic (exact) mass is 150 g/mol. The van der Waals surface area contributed by atoms with Gasteiger partial charge in [0.05, 0.1) is 11.6 Å². The molecule has 4 heteroatoms. The molecule has 0 radical (unpaired) electrons. The van der Waals surface area contributed by atoms with Gasteiger partial charge >= 0.3 is 5.65 Å². The van der Waals surface area contributed by atoms with E-state index in [2.05, 4.69) is 10.2 Å². The lowest BCUT2D eigenvalue weighted by Gasteiger charge is -1.90. The van der Waals surface area contributed by atoms with Crippen LogP contribution in [0.2, 0.25) is 0 Å². The first-order valence-electron chi connectivity index (χ1n) is 3.32. The molecular formula is C7H8N3O+. The van der Waals surface area contributed by atoms with Gasteiger partial charge in [-0.2, -0.15) is 0 Å². The van der Waals surface area contributed by atoms with Crippen molar-refractivity contribution in [1.82, 2.24) is 10.2 Å². The Bertz CT molecular complexity index is 393. The highest BCUT2D eigenvalue weighted by Gasteiger charge is 2.07. The minimum Gasteiger partial charge on any atom is -0.350 e. The highest BCUT2D eigenvalue weighted by Crippen LogP contribution is 2.05. The third-order valence-corrected chi connectivity index (χ3v) is 1.59. The smallest absolute Gasteiger partial charge is 0.347 e. The second-order valence-electron chi connectivity index (χ2n) is 2.54. The van der Waals surface area contributed by atoms with Crippen LogP contribution in [-0.4, -0.2) is 15.4 Å². The average Bonchev–Trinajstić information content (AvgIpc) is 2.34. The SMILES string of the molecule is Cc1cc2cn[nH]c2[n+](O)c1. The predicted octanol–water partition coefficient (Wildman–Crippen LogP) is 0.396.